The van der Waals surface area contributed by atoms with Crippen LogP contribution in [0.2, 0.25) is 0 Å². The van der Waals surface area contributed by atoms with Crippen LogP contribution in [-0.2, 0) is 16.1 Å². The fraction of sp³-hybridized carbons (Fsp3) is 0.526. The number of halogens is 5. The average molecular weight is 513 g/mol. The Morgan fingerprint density at radius 1 is 1.22 bits per heavy atom. The molecule has 1 aromatic carbocycles. The fourth-order valence-corrected chi connectivity index (χ4v) is 3.77. The molecule has 0 saturated heterocycles. The molecule has 0 unspecified atom stereocenters. The molecule has 0 spiro atoms. The highest BCUT2D eigenvalue weighted by Gasteiger charge is 2.61. The van der Waals surface area contributed by atoms with E-state index < -0.39 is 41.5 Å². The molecule has 150 valence electrons. The van der Waals surface area contributed by atoms with Crippen molar-refractivity contribution < 1.29 is 22.7 Å². The first-order valence-corrected chi connectivity index (χ1v) is 10.2. The summed E-state index contributed by atoms with van der Waals surface area (Å²) in [7, 11) is 0. The van der Waals surface area contributed by atoms with Crippen LogP contribution in [0, 0.1) is 41.6 Å². The van der Waals surface area contributed by atoms with E-state index in [0.29, 0.717) is 13.0 Å². The van der Waals surface area contributed by atoms with E-state index >= 15 is 0 Å². The number of allylic oxidation sites excluding steroid dienone is 1. The SMILES string of the molecule is CCCNc1c(F)c(C)c(F)c(F)c1COC(=O)[C@@H]1[C@H](C=C(Br)Br)C1(C)C. The molecule has 2 atom stereocenters. The summed E-state index contributed by atoms with van der Waals surface area (Å²) >= 11 is 6.54. The molecule has 2 rings (SSSR count). The summed E-state index contributed by atoms with van der Waals surface area (Å²) < 4.78 is 48.8. The molecule has 1 saturated carbocycles. The third-order valence-corrected chi connectivity index (χ3v) is 5.55. The highest BCUT2D eigenvalue weighted by Crippen LogP contribution is 2.60. The van der Waals surface area contributed by atoms with Gasteiger partial charge in [-0.25, -0.2) is 13.2 Å². The van der Waals surface area contributed by atoms with E-state index in [-0.39, 0.29) is 22.6 Å². The monoisotopic (exact) mass is 511 g/mol. The van der Waals surface area contributed by atoms with Crippen LogP contribution in [0.15, 0.2) is 9.47 Å². The van der Waals surface area contributed by atoms with Crippen molar-refractivity contribution in [2.75, 3.05) is 11.9 Å². The predicted molar refractivity (Wildman–Crippen MR) is 106 cm³/mol. The lowest BCUT2D eigenvalue weighted by Gasteiger charge is -2.16. The van der Waals surface area contributed by atoms with Gasteiger partial charge in [0.25, 0.3) is 0 Å². The third-order valence-electron chi connectivity index (χ3n) is 5.02. The summed E-state index contributed by atoms with van der Waals surface area (Å²) in [6.45, 7) is 6.71. The molecule has 8 heteroatoms. The Morgan fingerprint density at radius 2 is 1.85 bits per heavy atom. The van der Waals surface area contributed by atoms with Crippen molar-refractivity contribution in [3.63, 3.8) is 0 Å². The molecule has 0 aliphatic heterocycles. The van der Waals surface area contributed by atoms with Crippen molar-refractivity contribution in [2.24, 2.45) is 17.3 Å². The van der Waals surface area contributed by atoms with E-state index in [1.165, 1.54) is 6.92 Å². The first kappa shape index (κ1) is 22.3. The van der Waals surface area contributed by atoms with Crippen LogP contribution in [0.1, 0.15) is 38.3 Å². The van der Waals surface area contributed by atoms with Gasteiger partial charge in [-0.15, -0.1) is 0 Å². The molecule has 0 heterocycles. The van der Waals surface area contributed by atoms with Gasteiger partial charge < -0.3 is 10.1 Å². The molecule has 1 N–H and O–H groups in total. The highest BCUT2D eigenvalue weighted by molar-refractivity contribution is 9.28. The second-order valence-electron chi connectivity index (χ2n) is 7.24. The second kappa shape index (κ2) is 8.55. The first-order chi connectivity index (χ1) is 12.5. The summed E-state index contributed by atoms with van der Waals surface area (Å²) in [6, 6.07) is 0. The van der Waals surface area contributed by atoms with Gasteiger partial charge in [-0.1, -0.05) is 26.8 Å². The van der Waals surface area contributed by atoms with Crippen molar-refractivity contribution in [1.29, 1.82) is 0 Å². The Kier molecular flexibility index (Phi) is 7.06. The van der Waals surface area contributed by atoms with Gasteiger partial charge in [0, 0.05) is 12.1 Å². The van der Waals surface area contributed by atoms with Crippen LogP contribution in [-0.4, -0.2) is 12.5 Å². The van der Waals surface area contributed by atoms with E-state index in [0.717, 1.165) is 3.39 Å². The van der Waals surface area contributed by atoms with Crippen molar-refractivity contribution in [1.82, 2.24) is 0 Å². The van der Waals surface area contributed by atoms with Crippen molar-refractivity contribution in [3.8, 4) is 0 Å². The fourth-order valence-electron chi connectivity index (χ4n) is 3.20. The maximum absolute atomic E-state index is 14.4. The van der Waals surface area contributed by atoms with Crippen LogP contribution in [0.5, 0.6) is 0 Å². The lowest BCUT2D eigenvalue weighted by molar-refractivity contribution is -0.147. The van der Waals surface area contributed by atoms with E-state index in [2.05, 4.69) is 37.2 Å². The molecule has 1 fully saturated rings. The number of nitrogens with one attached hydrogen (secondary N) is 1. The summed E-state index contributed by atoms with van der Waals surface area (Å²) in [5, 5.41) is 2.76. The third kappa shape index (κ3) is 4.53. The van der Waals surface area contributed by atoms with E-state index in [1.54, 1.807) is 0 Å². The number of benzene rings is 1. The highest BCUT2D eigenvalue weighted by atomic mass is 79.9. The van der Waals surface area contributed by atoms with Gasteiger partial charge in [0.15, 0.2) is 17.5 Å². The van der Waals surface area contributed by atoms with Gasteiger partial charge in [-0.2, -0.15) is 0 Å². The van der Waals surface area contributed by atoms with Gasteiger partial charge in [-0.05, 0) is 56.5 Å². The number of esters is 1. The molecular formula is C19H22Br2F3NO2. The zero-order valence-corrected chi connectivity index (χ0v) is 18.7. The molecule has 0 bridgehead atoms. The Labute approximate surface area is 174 Å². The second-order valence-corrected chi connectivity index (χ2v) is 10.0. The quantitative estimate of drug-likeness (QED) is 0.350. The Bertz CT molecular complexity index is 777. The largest absolute Gasteiger partial charge is 0.460 e. The molecule has 3 nitrogen and oxygen atoms in total. The Morgan fingerprint density at radius 3 is 2.41 bits per heavy atom. The average Bonchev–Trinajstić information content (AvgIpc) is 3.13. The van der Waals surface area contributed by atoms with Crippen LogP contribution in [0.3, 0.4) is 0 Å². The first-order valence-electron chi connectivity index (χ1n) is 8.63. The zero-order valence-electron chi connectivity index (χ0n) is 15.6. The van der Waals surface area contributed by atoms with Crippen molar-refractivity contribution in [3.05, 3.63) is 38.0 Å². The van der Waals surface area contributed by atoms with Gasteiger partial charge in [0.2, 0.25) is 0 Å². The van der Waals surface area contributed by atoms with E-state index in [1.807, 2.05) is 26.8 Å². The minimum absolute atomic E-state index is 0.0484. The van der Waals surface area contributed by atoms with Crippen LogP contribution < -0.4 is 5.32 Å². The van der Waals surface area contributed by atoms with Crippen LogP contribution >= 0.6 is 31.9 Å². The lowest BCUT2D eigenvalue weighted by atomic mass is 10.1. The number of ether oxygens (including phenoxy) is 1. The van der Waals surface area contributed by atoms with Crippen molar-refractivity contribution in [2.45, 2.75) is 40.7 Å². The summed E-state index contributed by atoms with van der Waals surface area (Å²) in [5.41, 5.74) is -1.19. The van der Waals surface area contributed by atoms with Crippen LogP contribution in [0.4, 0.5) is 18.9 Å². The van der Waals surface area contributed by atoms with Gasteiger partial charge >= 0.3 is 5.97 Å². The van der Waals surface area contributed by atoms with Gasteiger partial charge in [0.05, 0.1) is 20.6 Å². The maximum atomic E-state index is 14.4. The number of carbonyl (C=O) groups excluding carboxylic acids is 1. The summed E-state index contributed by atoms with van der Waals surface area (Å²) in [4.78, 5) is 12.4. The molecule has 27 heavy (non-hydrogen) atoms. The predicted octanol–water partition coefficient (Wildman–Crippen LogP) is 6.18. The van der Waals surface area contributed by atoms with Gasteiger partial charge in [0.1, 0.15) is 6.61 Å². The normalized spacial score (nSPS) is 20.2. The smallest absolute Gasteiger partial charge is 0.310 e. The minimum Gasteiger partial charge on any atom is -0.460 e. The summed E-state index contributed by atoms with van der Waals surface area (Å²) in [5.74, 6) is -4.31. The molecule has 1 aliphatic carbocycles. The number of hydrogen-bond acceptors (Lipinski definition) is 3. The Hall–Kier alpha value is -1.02. The number of hydrogen-bond donors (Lipinski definition) is 1. The molecular weight excluding hydrogens is 491 g/mol. The number of anilines is 1. The van der Waals surface area contributed by atoms with Crippen molar-refractivity contribution >= 4 is 43.5 Å². The number of rotatable bonds is 7. The standard InChI is InChI=1S/C19H22Br2F3NO2/c1-5-6-25-17-10(16(24)14(22)9(2)15(17)23)8-27-18(26)13-11(7-12(20)21)19(13,3)4/h7,11,13,25H,5-6,8H2,1-4H3/t11-,13-/m0/s1. The Balaban J connectivity index is 2.23. The molecule has 0 amide bonds. The molecule has 0 aromatic heterocycles. The number of carbonyl (C=O) groups is 1. The van der Waals surface area contributed by atoms with Gasteiger partial charge in [-0.3, -0.25) is 4.79 Å². The van der Waals surface area contributed by atoms with E-state index in [9.17, 15) is 18.0 Å². The zero-order chi connectivity index (χ0) is 20.5. The summed E-state index contributed by atoms with van der Waals surface area (Å²) in [6.07, 6.45) is 2.52. The molecule has 1 aromatic rings. The maximum Gasteiger partial charge on any atom is 0.310 e. The molecule has 1 aliphatic rings. The van der Waals surface area contributed by atoms with Crippen LogP contribution in [0.25, 0.3) is 0 Å². The van der Waals surface area contributed by atoms with E-state index in [4.69, 9.17) is 4.74 Å². The molecule has 0 radical (unpaired) electrons. The topological polar surface area (TPSA) is 38.3 Å². The lowest BCUT2D eigenvalue weighted by Crippen LogP contribution is -2.15. The minimum atomic E-state index is -1.27.